The average molecular weight is 536 g/mol. The molecule has 39 heavy (non-hydrogen) atoms. The van der Waals surface area contributed by atoms with Crippen LogP contribution in [-0.2, 0) is 11.0 Å². The van der Waals surface area contributed by atoms with E-state index in [1.54, 1.807) is 43.6 Å². The number of alkyl halides is 3. The molecule has 4 aromatic rings. The van der Waals surface area contributed by atoms with E-state index in [-0.39, 0.29) is 17.5 Å². The van der Waals surface area contributed by atoms with E-state index >= 15 is 0 Å². The Labute approximate surface area is 219 Å². The Balaban J connectivity index is 1.42. The molecule has 0 radical (unpaired) electrons. The van der Waals surface area contributed by atoms with Crippen LogP contribution in [0.5, 0.6) is 0 Å². The first kappa shape index (κ1) is 25.9. The van der Waals surface area contributed by atoms with Gasteiger partial charge >= 0.3 is 6.18 Å². The van der Waals surface area contributed by atoms with Gasteiger partial charge < -0.3 is 10.6 Å². The van der Waals surface area contributed by atoms with Gasteiger partial charge in [-0.05, 0) is 78.9 Å². The lowest BCUT2D eigenvalue weighted by Gasteiger charge is -2.13. The second-order valence-corrected chi connectivity index (χ2v) is 9.05. The summed E-state index contributed by atoms with van der Waals surface area (Å²) in [5, 5.41) is 11.7. The van der Waals surface area contributed by atoms with Gasteiger partial charge in [0.2, 0.25) is 5.91 Å². The van der Waals surface area contributed by atoms with Crippen LogP contribution in [0.1, 0.15) is 34.5 Å². The van der Waals surface area contributed by atoms with Crippen molar-refractivity contribution < 1.29 is 27.2 Å². The monoisotopic (exact) mass is 536 g/mol. The fraction of sp³-hybridized carbons (Fsp3) is 0.185. The van der Waals surface area contributed by atoms with Crippen LogP contribution >= 0.6 is 0 Å². The van der Waals surface area contributed by atoms with Gasteiger partial charge in [-0.25, -0.2) is 9.37 Å². The van der Waals surface area contributed by atoms with Crippen molar-refractivity contribution in [1.82, 2.24) is 20.2 Å². The Morgan fingerprint density at radius 1 is 0.949 bits per heavy atom. The molecule has 0 bridgehead atoms. The molecule has 0 spiro atoms. The fourth-order valence-corrected chi connectivity index (χ4v) is 3.89. The Kier molecular flexibility index (Phi) is 6.77. The number of anilines is 2. The number of nitrogens with zero attached hydrogens (tertiary/aromatic N) is 4. The number of rotatable bonds is 6. The highest BCUT2D eigenvalue weighted by molar-refractivity contribution is 6.03. The normalized spacial score (nSPS) is 13.2. The maximum absolute atomic E-state index is 14.8. The third-order valence-corrected chi connectivity index (χ3v) is 6.10. The summed E-state index contributed by atoms with van der Waals surface area (Å²) < 4.78 is 53.7. The number of nitrogens with one attached hydrogen (secondary N) is 2. The van der Waals surface area contributed by atoms with E-state index in [1.165, 1.54) is 12.1 Å². The second-order valence-electron chi connectivity index (χ2n) is 9.05. The highest BCUT2D eigenvalue weighted by Crippen LogP contribution is 2.33. The predicted molar refractivity (Wildman–Crippen MR) is 134 cm³/mol. The van der Waals surface area contributed by atoms with Crippen LogP contribution in [0.2, 0.25) is 0 Å². The number of benzene rings is 1. The van der Waals surface area contributed by atoms with E-state index in [0.29, 0.717) is 46.0 Å². The van der Waals surface area contributed by atoms with Crippen LogP contribution in [0.15, 0.2) is 61.1 Å². The fourth-order valence-electron chi connectivity index (χ4n) is 3.89. The molecular formula is C27H20F4N6O2. The molecule has 12 heteroatoms. The molecule has 198 valence electrons. The number of aryl methyl sites for hydroxylation is 1. The molecule has 0 unspecified atom stereocenters. The molecule has 1 saturated carbocycles. The van der Waals surface area contributed by atoms with E-state index in [2.05, 4.69) is 30.8 Å². The number of aromatic nitrogens is 4. The van der Waals surface area contributed by atoms with Crippen molar-refractivity contribution in [3.63, 3.8) is 0 Å². The SMILES string of the molecule is Cc1cc(F)c(NC(=O)c2cc(C(F)(F)F)cnn2)cc1-c1ccnc(-c2ccnc(NC(=O)C3CC3)c2)c1. The molecule has 8 nitrogen and oxygen atoms in total. The zero-order valence-electron chi connectivity index (χ0n) is 20.4. The summed E-state index contributed by atoms with van der Waals surface area (Å²) in [6, 6.07) is 10.0. The lowest BCUT2D eigenvalue weighted by atomic mass is 9.98. The maximum Gasteiger partial charge on any atom is 0.418 e. The average Bonchev–Trinajstić information content (AvgIpc) is 3.76. The number of carbonyl (C=O) groups is 2. The summed E-state index contributed by atoms with van der Waals surface area (Å²) in [5.74, 6) is -1.47. The third-order valence-electron chi connectivity index (χ3n) is 6.10. The Morgan fingerprint density at radius 2 is 1.69 bits per heavy atom. The van der Waals surface area contributed by atoms with E-state index < -0.39 is 29.2 Å². The quantitative estimate of drug-likeness (QED) is 0.308. The minimum Gasteiger partial charge on any atom is -0.318 e. The lowest BCUT2D eigenvalue weighted by Crippen LogP contribution is -2.17. The summed E-state index contributed by atoms with van der Waals surface area (Å²) in [6.45, 7) is 1.68. The number of halogens is 4. The van der Waals surface area contributed by atoms with Crippen molar-refractivity contribution in [3.8, 4) is 22.4 Å². The molecule has 2 amide bonds. The third kappa shape index (κ3) is 5.89. The number of amides is 2. The summed E-state index contributed by atoms with van der Waals surface area (Å²) in [7, 11) is 0. The van der Waals surface area contributed by atoms with Crippen molar-refractivity contribution in [2.24, 2.45) is 5.92 Å². The summed E-state index contributed by atoms with van der Waals surface area (Å²) in [6.07, 6.45) is 0.621. The van der Waals surface area contributed by atoms with Crippen LogP contribution in [0, 0.1) is 18.7 Å². The van der Waals surface area contributed by atoms with Crippen LogP contribution in [0.25, 0.3) is 22.4 Å². The predicted octanol–water partition coefficient (Wildman–Crippen LogP) is 5.67. The molecule has 0 atom stereocenters. The van der Waals surface area contributed by atoms with E-state index in [4.69, 9.17) is 0 Å². The van der Waals surface area contributed by atoms with Crippen molar-refractivity contribution in [2.45, 2.75) is 25.9 Å². The van der Waals surface area contributed by atoms with E-state index in [0.717, 1.165) is 12.8 Å². The van der Waals surface area contributed by atoms with Gasteiger partial charge in [0.25, 0.3) is 5.91 Å². The smallest absolute Gasteiger partial charge is 0.318 e. The van der Waals surface area contributed by atoms with Gasteiger partial charge in [0.1, 0.15) is 11.6 Å². The van der Waals surface area contributed by atoms with Crippen LogP contribution in [0.4, 0.5) is 29.1 Å². The lowest BCUT2D eigenvalue weighted by molar-refractivity contribution is -0.138. The largest absolute Gasteiger partial charge is 0.418 e. The zero-order valence-corrected chi connectivity index (χ0v) is 20.4. The minimum atomic E-state index is -4.72. The summed E-state index contributed by atoms with van der Waals surface area (Å²) in [4.78, 5) is 33.3. The first-order valence-electron chi connectivity index (χ1n) is 11.8. The van der Waals surface area contributed by atoms with Gasteiger partial charge in [-0.15, -0.1) is 5.10 Å². The molecular weight excluding hydrogens is 516 g/mol. The standard InChI is InChI=1S/C27H20F4N6O2/c1-14-8-20(28)22(35-26(39)23-11-18(13-34-37-23)27(29,30)31)12-19(14)16-4-6-32-21(9-16)17-5-7-33-24(10-17)36-25(38)15-2-3-15/h4-13,15H,2-3H2,1H3,(H,35,39)(H,33,36,38). The van der Waals surface area contributed by atoms with Gasteiger partial charge in [0, 0.05) is 23.9 Å². The number of hydrogen-bond donors (Lipinski definition) is 2. The van der Waals surface area contributed by atoms with Gasteiger partial charge in [-0.2, -0.15) is 18.3 Å². The van der Waals surface area contributed by atoms with E-state index in [9.17, 15) is 27.2 Å². The Hall–Kier alpha value is -4.74. The summed E-state index contributed by atoms with van der Waals surface area (Å²) in [5.41, 5.74) is 0.998. The Morgan fingerprint density at radius 3 is 2.44 bits per heavy atom. The van der Waals surface area contributed by atoms with Gasteiger partial charge in [-0.3, -0.25) is 14.6 Å². The molecule has 5 rings (SSSR count). The topological polar surface area (TPSA) is 110 Å². The molecule has 1 aliphatic carbocycles. The second kappa shape index (κ2) is 10.2. The number of carbonyl (C=O) groups excluding carboxylic acids is 2. The van der Waals surface area contributed by atoms with Gasteiger partial charge in [0.05, 0.1) is 23.1 Å². The maximum atomic E-state index is 14.8. The molecule has 1 aromatic carbocycles. The minimum absolute atomic E-state index is 0.0219. The summed E-state index contributed by atoms with van der Waals surface area (Å²) >= 11 is 0. The highest BCUT2D eigenvalue weighted by atomic mass is 19.4. The molecule has 3 aromatic heterocycles. The van der Waals surface area contributed by atoms with E-state index in [1.807, 2.05) is 0 Å². The van der Waals surface area contributed by atoms with Crippen molar-refractivity contribution in [3.05, 3.63) is 83.7 Å². The molecule has 1 fully saturated rings. The molecule has 2 N–H and O–H groups in total. The highest BCUT2D eigenvalue weighted by Gasteiger charge is 2.32. The first-order valence-corrected chi connectivity index (χ1v) is 11.8. The van der Waals surface area contributed by atoms with Gasteiger partial charge in [0.15, 0.2) is 5.69 Å². The molecule has 3 heterocycles. The van der Waals surface area contributed by atoms with Crippen LogP contribution < -0.4 is 10.6 Å². The van der Waals surface area contributed by atoms with Gasteiger partial charge in [-0.1, -0.05) is 0 Å². The van der Waals surface area contributed by atoms with Crippen molar-refractivity contribution in [1.29, 1.82) is 0 Å². The number of pyridine rings is 2. The van der Waals surface area contributed by atoms with Crippen LogP contribution in [-0.4, -0.2) is 32.0 Å². The molecule has 1 aliphatic rings. The molecule has 0 aliphatic heterocycles. The zero-order chi connectivity index (χ0) is 27.7. The first-order chi connectivity index (χ1) is 18.6. The molecule has 0 saturated heterocycles. The Bertz CT molecular complexity index is 1590. The van der Waals surface area contributed by atoms with Crippen molar-refractivity contribution >= 4 is 23.3 Å². The van der Waals surface area contributed by atoms with Crippen molar-refractivity contribution in [2.75, 3.05) is 10.6 Å². The number of hydrogen-bond acceptors (Lipinski definition) is 6. The van der Waals surface area contributed by atoms with Crippen LogP contribution in [0.3, 0.4) is 0 Å².